The fourth-order valence-electron chi connectivity index (χ4n) is 4.96. The van der Waals surface area contributed by atoms with Gasteiger partial charge in [0, 0.05) is 17.3 Å². The number of pyridine rings is 1. The first-order chi connectivity index (χ1) is 17.8. The second-order valence-electron chi connectivity index (χ2n) is 9.99. The van der Waals surface area contributed by atoms with Gasteiger partial charge in [0.2, 0.25) is 0 Å². The Labute approximate surface area is 218 Å². The van der Waals surface area contributed by atoms with Gasteiger partial charge >= 0.3 is 0 Å². The topological polar surface area (TPSA) is 12.9 Å². The Kier molecular flexibility index (Phi) is 9.91. The van der Waals surface area contributed by atoms with Crippen LogP contribution >= 0.6 is 0 Å². The van der Waals surface area contributed by atoms with Crippen LogP contribution in [0.5, 0.6) is 0 Å². The number of nitrogens with zero attached hydrogens (tertiary/aromatic N) is 1. The van der Waals surface area contributed by atoms with Crippen molar-refractivity contribution in [1.82, 2.24) is 4.98 Å². The maximum absolute atomic E-state index is 4.87. The summed E-state index contributed by atoms with van der Waals surface area (Å²) < 4.78 is 0. The second kappa shape index (κ2) is 13.8. The van der Waals surface area contributed by atoms with Gasteiger partial charge in [-0.1, -0.05) is 125 Å². The minimum atomic E-state index is 1.02. The average Bonchev–Trinajstić information content (AvgIpc) is 2.94. The van der Waals surface area contributed by atoms with Crippen LogP contribution in [-0.4, -0.2) is 4.98 Å². The molecule has 0 aliphatic carbocycles. The lowest BCUT2D eigenvalue weighted by Gasteiger charge is -2.11. The molecule has 1 heterocycles. The number of aryl methyl sites for hydroxylation is 2. The van der Waals surface area contributed by atoms with E-state index in [1.165, 1.54) is 91.2 Å². The number of hydrogen-bond donors (Lipinski definition) is 0. The molecule has 0 spiro atoms. The van der Waals surface area contributed by atoms with Crippen molar-refractivity contribution in [3.05, 3.63) is 102 Å². The third-order valence-corrected chi connectivity index (χ3v) is 7.16. The van der Waals surface area contributed by atoms with Crippen molar-refractivity contribution < 1.29 is 0 Å². The van der Waals surface area contributed by atoms with Crippen LogP contribution in [0.2, 0.25) is 0 Å². The fraction of sp³-hybridized carbons (Fsp3) is 0.343. The summed E-state index contributed by atoms with van der Waals surface area (Å²) in [6.45, 7) is 4.53. The van der Waals surface area contributed by atoms with Crippen LogP contribution in [0.15, 0.2) is 91.1 Å². The highest BCUT2D eigenvalue weighted by molar-refractivity contribution is 5.73. The molecule has 36 heavy (non-hydrogen) atoms. The Hall–Kier alpha value is -3.19. The lowest BCUT2D eigenvalue weighted by molar-refractivity contribution is 0.667. The number of benzene rings is 3. The predicted molar refractivity (Wildman–Crippen MR) is 156 cm³/mol. The molecule has 1 nitrogen and oxygen atoms in total. The molecule has 0 amide bonds. The molecule has 0 N–H and O–H groups in total. The third kappa shape index (κ3) is 7.17. The van der Waals surface area contributed by atoms with Gasteiger partial charge < -0.3 is 0 Å². The summed E-state index contributed by atoms with van der Waals surface area (Å²) in [7, 11) is 0. The van der Waals surface area contributed by atoms with Crippen molar-refractivity contribution in [2.24, 2.45) is 0 Å². The van der Waals surface area contributed by atoms with Crippen molar-refractivity contribution in [1.29, 1.82) is 0 Å². The molecule has 0 aliphatic heterocycles. The molecule has 4 rings (SSSR count). The van der Waals surface area contributed by atoms with Crippen LogP contribution in [0.1, 0.15) is 76.3 Å². The summed E-state index contributed by atoms with van der Waals surface area (Å²) in [6.07, 6.45) is 14.8. The van der Waals surface area contributed by atoms with E-state index in [-0.39, 0.29) is 0 Å². The van der Waals surface area contributed by atoms with Crippen molar-refractivity contribution in [3.63, 3.8) is 0 Å². The van der Waals surface area contributed by atoms with Crippen LogP contribution in [0.4, 0.5) is 0 Å². The summed E-state index contributed by atoms with van der Waals surface area (Å²) in [5.41, 5.74) is 10.1. The maximum Gasteiger partial charge on any atom is 0.0702 e. The molecule has 4 aromatic rings. The molecular formula is C35H41N. The summed E-state index contributed by atoms with van der Waals surface area (Å²) in [5, 5.41) is 0. The van der Waals surface area contributed by atoms with Crippen LogP contribution in [-0.2, 0) is 12.8 Å². The Balaban J connectivity index is 1.46. The zero-order valence-electron chi connectivity index (χ0n) is 22.2. The van der Waals surface area contributed by atoms with Gasteiger partial charge in [0.25, 0.3) is 0 Å². The normalized spacial score (nSPS) is 11.1. The molecule has 0 aliphatic rings. The summed E-state index contributed by atoms with van der Waals surface area (Å²) in [6, 6.07) is 31.1. The molecule has 3 aromatic carbocycles. The summed E-state index contributed by atoms with van der Waals surface area (Å²) in [5.74, 6) is 0. The molecule has 0 fully saturated rings. The van der Waals surface area contributed by atoms with E-state index in [0.29, 0.717) is 0 Å². The van der Waals surface area contributed by atoms with Crippen molar-refractivity contribution in [2.75, 3.05) is 0 Å². The standard InChI is InChI=1S/C35H41N/c1-3-5-7-9-14-28-20-22-29(23-21-28)31-17-13-18-32(26-31)35-25-24-33(27-36-35)34-19-12-11-16-30(34)15-10-8-6-4-2/h11-13,16-27H,3-10,14-15H2,1-2H3. The van der Waals surface area contributed by atoms with Crippen LogP contribution in [0.25, 0.3) is 33.5 Å². The van der Waals surface area contributed by atoms with Crippen molar-refractivity contribution in [2.45, 2.75) is 78.1 Å². The van der Waals surface area contributed by atoms with E-state index in [1.807, 2.05) is 6.20 Å². The van der Waals surface area contributed by atoms with E-state index in [1.54, 1.807) is 0 Å². The van der Waals surface area contributed by atoms with Crippen molar-refractivity contribution in [3.8, 4) is 33.5 Å². The lowest BCUT2D eigenvalue weighted by atomic mass is 9.96. The van der Waals surface area contributed by atoms with Crippen LogP contribution < -0.4 is 0 Å². The van der Waals surface area contributed by atoms with E-state index in [2.05, 4.69) is 98.8 Å². The van der Waals surface area contributed by atoms with E-state index >= 15 is 0 Å². The molecular weight excluding hydrogens is 434 g/mol. The summed E-state index contributed by atoms with van der Waals surface area (Å²) in [4.78, 5) is 4.87. The minimum absolute atomic E-state index is 1.02. The molecule has 0 atom stereocenters. The Bertz CT molecular complexity index is 1190. The number of unbranched alkanes of at least 4 members (excludes halogenated alkanes) is 6. The highest BCUT2D eigenvalue weighted by Gasteiger charge is 2.08. The van der Waals surface area contributed by atoms with E-state index in [4.69, 9.17) is 4.98 Å². The lowest BCUT2D eigenvalue weighted by Crippen LogP contribution is -1.92. The van der Waals surface area contributed by atoms with Gasteiger partial charge in [0.1, 0.15) is 0 Å². The van der Waals surface area contributed by atoms with Crippen LogP contribution in [0, 0.1) is 0 Å². The highest BCUT2D eigenvalue weighted by Crippen LogP contribution is 2.29. The smallest absolute Gasteiger partial charge is 0.0702 e. The zero-order valence-corrected chi connectivity index (χ0v) is 22.2. The average molecular weight is 476 g/mol. The Morgan fingerprint density at radius 2 is 1.22 bits per heavy atom. The molecule has 1 aromatic heterocycles. The number of rotatable bonds is 13. The molecule has 0 bridgehead atoms. The largest absolute Gasteiger partial charge is 0.256 e. The minimum Gasteiger partial charge on any atom is -0.256 e. The van der Waals surface area contributed by atoms with Gasteiger partial charge in [0.15, 0.2) is 0 Å². The SMILES string of the molecule is CCCCCCc1ccc(-c2cccc(-c3ccc(-c4ccccc4CCCCCC)cn3)c2)cc1. The maximum atomic E-state index is 4.87. The molecule has 0 radical (unpaired) electrons. The quantitative estimate of drug-likeness (QED) is 0.175. The molecule has 0 saturated heterocycles. The predicted octanol–water partition coefficient (Wildman–Crippen LogP) is 10.3. The first-order valence-corrected chi connectivity index (χ1v) is 14.0. The fourth-order valence-corrected chi connectivity index (χ4v) is 4.96. The van der Waals surface area contributed by atoms with Gasteiger partial charge in [-0.25, -0.2) is 0 Å². The van der Waals surface area contributed by atoms with Gasteiger partial charge in [-0.3, -0.25) is 4.98 Å². The molecule has 0 saturated carbocycles. The van der Waals surface area contributed by atoms with E-state index < -0.39 is 0 Å². The van der Waals surface area contributed by atoms with E-state index in [9.17, 15) is 0 Å². The summed E-state index contributed by atoms with van der Waals surface area (Å²) >= 11 is 0. The second-order valence-corrected chi connectivity index (χ2v) is 9.99. The van der Waals surface area contributed by atoms with E-state index in [0.717, 1.165) is 17.7 Å². The highest BCUT2D eigenvalue weighted by atomic mass is 14.7. The Morgan fingerprint density at radius 3 is 1.94 bits per heavy atom. The van der Waals surface area contributed by atoms with Gasteiger partial charge in [-0.15, -0.1) is 0 Å². The first-order valence-electron chi connectivity index (χ1n) is 14.0. The third-order valence-electron chi connectivity index (χ3n) is 7.16. The monoisotopic (exact) mass is 475 g/mol. The molecule has 186 valence electrons. The molecule has 0 unspecified atom stereocenters. The van der Waals surface area contributed by atoms with Crippen molar-refractivity contribution >= 4 is 0 Å². The number of hydrogen-bond acceptors (Lipinski definition) is 1. The van der Waals surface area contributed by atoms with Gasteiger partial charge in [-0.2, -0.15) is 0 Å². The molecule has 1 heteroatoms. The Morgan fingerprint density at radius 1 is 0.528 bits per heavy atom. The van der Waals surface area contributed by atoms with Gasteiger partial charge in [0.05, 0.1) is 5.69 Å². The zero-order chi connectivity index (χ0) is 25.0. The van der Waals surface area contributed by atoms with Crippen LogP contribution in [0.3, 0.4) is 0 Å². The first kappa shape index (κ1) is 25.9. The number of aromatic nitrogens is 1. The van der Waals surface area contributed by atoms with Gasteiger partial charge in [-0.05, 0) is 65.6 Å².